The summed E-state index contributed by atoms with van der Waals surface area (Å²) >= 11 is 0. The molecule has 0 atom stereocenters. The summed E-state index contributed by atoms with van der Waals surface area (Å²) in [4.78, 5) is 0. The van der Waals surface area contributed by atoms with Gasteiger partial charge in [0.15, 0.2) is 12.4 Å². The Hall–Kier alpha value is -3.00. The third-order valence-corrected chi connectivity index (χ3v) is 5.52. The molecule has 0 unspecified atom stereocenters. The Morgan fingerprint density at radius 1 is 0.577 bits per heavy atom. The molecule has 0 amide bonds. The van der Waals surface area contributed by atoms with E-state index < -0.39 is 0 Å². The van der Waals surface area contributed by atoms with Crippen molar-refractivity contribution in [1.82, 2.24) is 0 Å². The van der Waals surface area contributed by atoms with Crippen LogP contribution in [0.4, 0.5) is 0 Å². The van der Waals surface area contributed by atoms with Crippen LogP contribution in [0, 0.1) is 0 Å². The highest BCUT2D eigenvalue weighted by Gasteiger charge is 2.29. The summed E-state index contributed by atoms with van der Waals surface area (Å²) in [6, 6.07) is 12.7. The van der Waals surface area contributed by atoms with Crippen LogP contribution in [0.5, 0.6) is 0 Å². The number of pyridine rings is 2. The van der Waals surface area contributed by atoms with Gasteiger partial charge in [-0.05, 0) is 39.8 Å². The van der Waals surface area contributed by atoms with E-state index in [9.17, 15) is 0 Å². The van der Waals surface area contributed by atoms with Gasteiger partial charge in [0.1, 0.15) is 0 Å². The molecule has 0 radical (unpaired) electrons. The first-order chi connectivity index (χ1) is 12.6. The Labute approximate surface area is 155 Å². The summed E-state index contributed by atoms with van der Waals surface area (Å²) in [5.74, 6) is 0. The summed E-state index contributed by atoms with van der Waals surface area (Å²) < 4.78 is 4.52. The Balaban J connectivity index is 1.67. The second-order valence-electron chi connectivity index (χ2n) is 6.90. The maximum absolute atomic E-state index is 2.26. The van der Waals surface area contributed by atoms with E-state index in [0.717, 1.165) is 0 Å². The van der Waals surface area contributed by atoms with Crippen molar-refractivity contribution in [3.05, 3.63) is 95.6 Å². The van der Waals surface area contributed by atoms with Crippen molar-refractivity contribution in [2.75, 3.05) is 0 Å². The molecule has 0 N–H and O–H groups in total. The van der Waals surface area contributed by atoms with Crippen LogP contribution in [0.15, 0.2) is 84.2 Å². The summed E-state index contributed by atoms with van der Waals surface area (Å²) in [5, 5.41) is 0. The first kappa shape index (κ1) is 16.5. The van der Waals surface area contributed by atoms with Crippen molar-refractivity contribution in [2.45, 2.75) is 27.7 Å². The average molecular weight is 340 g/mol. The molecule has 2 nitrogen and oxygen atoms in total. The van der Waals surface area contributed by atoms with Crippen LogP contribution in [0.25, 0.3) is 22.5 Å². The van der Waals surface area contributed by atoms with Crippen molar-refractivity contribution >= 4 is 22.5 Å². The lowest BCUT2D eigenvalue weighted by Gasteiger charge is -1.95. The fourth-order valence-corrected chi connectivity index (χ4v) is 3.75. The van der Waals surface area contributed by atoms with Crippen LogP contribution in [0.1, 0.15) is 39.1 Å². The first-order valence-electron chi connectivity index (χ1n) is 9.07. The molecule has 2 aromatic heterocycles. The van der Waals surface area contributed by atoms with Gasteiger partial charge in [-0.25, -0.2) is 0 Å². The molecule has 26 heavy (non-hydrogen) atoms. The van der Waals surface area contributed by atoms with Crippen LogP contribution in [0.3, 0.4) is 0 Å². The molecule has 0 bridgehead atoms. The predicted molar refractivity (Wildman–Crippen MR) is 107 cm³/mol. The minimum Gasteiger partial charge on any atom is -0.160 e. The lowest BCUT2D eigenvalue weighted by molar-refractivity contribution is -0.578. The van der Waals surface area contributed by atoms with E-state index in [0.29, 0.717) is 0 Å². The predicted octanol–water partition coefficient (Wildman–Crippen LogP) is 4.81. The molecule has 0 aromatic carbocycles. The Kier molecular flexibility index (Phi) is 4.04. The van der Waals surface area contributed by atoms with Gasteiger partial charge < -0.3 is 0 Å². The minimum absolute atomic E-state index is 1.25. The van der Waals surface area contributed by atoms with E-state index in [2.05, 4.69) is 110 Å². The number of nitrogens with zero attached hydrogens (tertiary/aromatic N) is 2. The Bertz CT molecular complexity index is 974. The van der Waals surface area contributed by atoms with Gasteiger partial charge in [0.25, 0.3) is 0 Å². The molecule has 0 saturated carbocycles. The minimum atomic E-state index is 1.25. The van der Waals surface area contributed by atoms with E-state index in [1.54, 1.807) is 0 Å². The van der Waals surface area contributed by atoms with Gasteiger partial charge >= 0.3 is 0 Å². The normalized spacial score (nSPS) is 19.2. The number of aromatic nitrogens is 2. The second kappa shape index (κ2) is 6.38. The van der Waals surface area contributed by atoms with Gasteiger partial charge in [0, 0.05) is 58.7 Å². The van der Waals surface area contributed by atoms with Gasteiger partial charge in [-0.15, -0.1) is 0 Å². The highest BCUT2D eigenvalue weighted by atomic mass is 15.0. The summed E-state index contributed by atoms with van der Waals surface area (Å²) in [7, 11) is 0. The van der Waals surface area contributed by atoms with Crippen molar-refractivity contribution in [3.63, 3.8) is 0 Å². The molecule has 128 valence electrons. The summed E-state index contributed by atoms with van der Waals surface area (Å²) in [6.07, 6.45) is 12.9. The Morgan fingerprint density at radius 2 is 1.00 bits per heavy atom. The number of hydrogen-bond acceptors (Lipinski definition) is 0. The van der Waals surface area contributed by atoms with Crippen LogP contribution < -0.4 is 9.13 Å². The van der Waals surface area contributed by atoms with E-state index in [4.69, 9.17) is 0 Å². The maximum Gasteiger partial charge on any atom is 0.214 e. The van der Waals surface area contributed by atoms with Crippen LogP contribution in [0.2, 0.25) is 0 Å². The van der Waals surface area contributed by atoms with Crippen molar-refractivity contribution < 1.29 is 9.13 Å². The van der Waals surface area contributed by atoms with Gasteiger partial charge in [-0.1, -0.05) is 12.2 Å². The van der Waals surface area contributed by atoms with E-state index in [-0.39, 0.29) is 0 Å². The van der Waals surface area contributed by atoms with Crippen molar-refractivity contribution in [3.8, 4) is 0 Å². The number of rotatable bonds is 2. The van der Waals surface area contributed by atoms with E-state index in [1.807, 2.05) is 0 Å². The number of hydrogen-bond donors (Lipinski definition) is 0. The molecule has 4 rings (SSSR count). The summed E-state index contributed by atoms with van der Waals surface area (Å²) in [5.41, 5.74) is 10.4. The van der Waals surface area contributed by atoms with E-state index in [1.165, 1.54) is 45.1 Å². The third kappa shape index (κ3) is 2.50. The lowest BCUT2D eigenvalue weighted by Crippen LogP contribution is -2.32. The van der Waals surface area contributed by atoms with Crippen LogP contribution in [-0.2, 0) is 0 Å². The first-order valence-corrected chi connectivity index (χ1v) is 9.07. The SMILES string of the molecule is CC1=C(C)c2cccc[n+]2\C1=C/C=C/C=C1\C(C)=C(C)c2cccc[n+]21. The zero-order chi connectivity index (χ0) is 18.3. The Morgan fingerprint density at radius 3 is 1.42 bits per heavy atom. The van der Waals surface area contributed by atoms with Gasteiger partial charge in [0.2, 0.25) is 22.8 Å². The van der Waals surface area contributed by atoms with Crippen molar-refractivity contribution in [2.24, 2.45) is 0 Å². The molecule has 2 heteroatoms. The lowest BCUT2D eigenvalue weighted by atomic mass is 10.1. The van der Waals surface area contributed by atoms with Crippen LogP contribution in [-0.4, -0.2) is 0 Å². The molecule has 2 aliphatic rings. The molecule has 2 aliphatic heterocycles. The standard InChI is InChI=1S/C24H24N2/c1-17-19(3)23-13-7-9-15-25(23)21(17)11-5-6-12-22-18(2)20(4)24-14-8-10-16-26(22)24/h5-16H,1-4H3/q+2/b6-5+,21-11-,22-12+. The number of fused-ring (bicyclic) bond motifs is 2. The smallest absolute Gasteiger partial charge is 0.160 e. The molecule has 0 spiro atoms. The molecule has 2 aromatic rings. The topological polar surface area (TPSA) is 7.76 Å². The fourth-order valence-electron chi connectivity index (χ4n) is 3.75. The zero-order valence-electron chi connectivity index (χ0n) is 15.8. The maximum atomic E-state index is 2.26. The second-order valence-corrected chi connectivity index (χ2v) is 6.90. The highest BCUT2D eigenvalue weighted by Crippen LogP contribution is 2.29. The monoisotopic (exact) mass is 340 g/mol. The molecule has 0 fully saturated rings. The fraction of sp³-hybridized carbons (Fsp3) is 0.167. The summed E-state index contributed by atoms with van der Waals surface area (Å²) in [6.45, 7) is 8.77. The van der Waals surface area contributed by atoms with Gasteiger partial charge in [-0.2, -0.15) is 9.13 Å². The molecule has 0 aliphatic carbocycles. The van der Waals surface area contributed by atoms with Gasteiger partial charge in [-0.3, -0.25) is 0 Å². The molecule has 0 saturated heterocycles. The zero-order valence-corrected chi connectivity index (χ0v) is 15.8. The quantitative estimate of drug-likeness (QED) is 0.693. The number of allylic oxidation sites excluding steroid dienone is 10. The highest BCUT2D eigenvalue weighted by molar-refractivity contribution is 5.81. The largest absolute Gasteiger partial charge is 0.214 e. The van der Waals surface area contributed by atoms with Gasteiger partial charge in [0.05, 0.1) is 0 Å². The molecular formula is C24H24N2+2. The average Bonchev–Trinajstić information content (AvgIpc) is 3.06. The third-order valence-electron chi connectivity index (χ3n) is 5.52. The van der Waals surface area contributed by atoms with Crippen molar-refractivity contribution in [1.29, 1.82) is 0 Å². The van der Waals surface area contributed by atoms with E-state index >= 15 is 0 Å². The van der Waals surface area contributed by atoms with Crippen LogP contribution >= 0.6 is 0 Å². The molecule has 4 heterocycles. The molecular weight excluding hydrogens is 316 g/mol.